The summed E-state index contributed by atoms with van der Waals surface area (Å²) in [5, 5.41) is 3.03. The van der Waals surface area contributed by atoms with Gasteiger partial charge < -0.3 is 25.4 Å². The molecule has 1 fully saturated rings. The minimum Gasteiger partial charge on any atom is -0.490 e. The molecule has 1 heterocycles. The predicted molar refractivity (Wildman–Crippen MR) is 111 cm³/mol. The highest BCUT2D eigenvalue weighted by molar-refractivity contribution is 5.85. The largest absolute Gasteiger partial charge is 0.490 e. The van der Waals surface area contributed by atoms with E-state index in [9.17, 15) is 4.79 Å². The first-order valence-corrected chi connectivity index (χ1v) is 9.73. The van der Waals surface area contributed by atoms with Crippen LogP contribution in [0.15, 0.2) is 18.2 Å². The lowest BCUT2D eigenvalue weighted by molar-refractivity contribution is 0.151. The van der Waals surface area contributed by atoms with Crippen LogP contribution in [0.25, 0.3) is 0 Å². The number of urea groups is 1. The summed E-state index contributed by atoms with van der Waals surface area (Å²) in [4.78, 5) is 14.2. The number of amides is 2. The van der Waals surface area contributed by atoms with Gasteiger partial charge in [-0.2, -0.15) is 0 Å². The second-order valence-corrected chi connectivity index (χ2v) is 6.81. The van der Waals surface area contributed by atoms with Gasteiger partial charge in [-0.3, -0.25) is 0 Å². The number of likely N-dealkylation sites (tertiary alicyclic amines) is 1. The molecule has 1 saturated heterocycles. The number of halogens is 1. The number of aryl methyl sites for hydroxylation is 1. The summed E-state index contributed by atoms with van der Waals surface area (Å²) in [6.07, 6.45) is 3.52. The molecule has 6 nitrogen and oxygen atoms in total. The van der Waals surface area contributed by atoms with E-state index in [0.29, 0.717) is 19.8 Å². The van der Waals surface area contributed by atoms with Crippen LogP contribution in [0.3, 0.4) is 0 Å². The van der Waals surface area contributed by atoms with Crippen molar-refractivity contribution in [3.8, 4) is 11.5 Å². The first-order valence-electron chi connectivity index (χ1n) is 9.73. The number of nitrogens with zero attached hydrogens (tertiary/aromatic N) is 1. The van der Waals surface area contributed by atoms with Gasteiger partial charge in [0.05, 0.1) is 13.2 Å². The maximum atomic E-state index is 12.3. The van der Waals surface area contributed by atoms with Crippen molar-refractivity contribution in [3.05, 3.63) is 23.8 Å². The van der Waals surface area contributed by atoms with Crippen LogP contribution in [0.4, 0.5) is 4.79 Å². The van der Waals surface area contributed by atoms with Crippen molar-refractivity contribution < 1.29 is 14.3 Å². The lowest BCUT2D eigenvalue weighted by Crippen LogP contribution is -2.52. The van der Waals surface area contributed by atoms with Crippen molar-refractivity contribution in [1.82, 2.24) is 10.2 Å². The lowest BCUT2D eigenvalue weighted by Gasteiger charge is -2.36. The van der Waals surface area contributed by atoms with Gasteiger partial charge in [-0.15, -0.1) is 12.4 Å². The van der Waals surface area contributed by atoms with Crippen molar-refractivity contribution in [1.29, 1.82) is 0 Å². The second-order valence-electron chi connectivity index (χ2n) is 6.81. The van der Waals surface area contributed by atoms with Gasteiger partial charge in [-0.1, -0.05) is 6.07 Å². The Bertz CT molecular complexity index is 586. The zero-order valence-corrected chi connectivity index (χ0v) is 17.5. The molecule has 1 aromatic carbocycles. The molecule has 1 aliphatic heterocycles. The van der Waals surface area contributed by atoms with Gasteiger partial charge in [0.1, 0.15) is 0 Å². The molecule has 0 saturated carbocycles. The first-order chi connectivity index (χ1) is 12.5. The molecule has 154 valence electrons. The quantitative estimate of drug-likeness (QED) is 0.657. The van der Waals surface area contributed by atoms with Crippen molar-refractivity contribution in [2.24, 2.45) is 5.73 Å². The highest BCUT2D eigenvalue weighted by atomic mass is 35.5. The van der Waals surface area contributed by atoms with Crippen molar-refractivity contribution >= 4 is 18.4 Å². The van der Waals surface area contributed by atoms with Crippen LogP contribution < -0.4 is 20.5 Å². The van der Waals surface area contributed by atoms with E-state index in [2.05, 4.69) is 18.3 Å². The number of benzene rings is 1. The highest BCUT2D eigenvalue weighted by Gasteiger charge is 2.26. The van der Waals surface area contributed by atoms with Crippen molar-refractivity contribution in [3.63, 3.8) is 0 Å². The molecule has 2 rings (SSSR count). The first kappa shape index (κ1) is 23.4. The van der Waals surface area contributed by atoms with Gasteiger partial charge in [-0.05, 0) is 64.2 Å². The normalized spacial score (nSPS) is 19.2. The SMILES string of the molecule is CCOc1ccc(CCCNC(=O)N2CC[C@@H](N)C[C@H]2C)cc1OCC.Cl. The molecule has 1 aliphatic rings. The van der Waals surface area contributed by atoms with Crippen molar-refractivity contribution in [2.75, 3.05) is 26.3 Å². The van der Waals surface area contributed by atoms with Crippen LogP contribution in [-0.4, -0.2) is 49.3 Å². The van der Waals surface area contributed by atoms with Crippen molar-refractivity contribution in [2.45, 2.75) is 58.5 Å². The summed E-state index contributed by atoms with van der Waals surface area (Å²) in [7, 11) is 0. The van der Waals surface area contributed by atoms with Crippen LogP contribution in [0, 0.1) is 0 Å². The fourth-order valence-electron chi connectivity index (χ4n) is 3.35. The molecule has 0 bridgehead atoms. The Morgan fingerprint density at radius 2 is 1.96 bits per heavy atom. The maximum Gasteiger partial charge on any atom is 0.317 e. The van der Waals surface area contributed by atoms with Gasteiger partial charge in [0.25, 0.3) is 0 Å². The molecule has 0 spiro atoms. The van der Waals surface area contributed by atoms with Gasteiger partial charge in [0.15, 0.2) is 11.5 Å². The molecule has 3 N–H and O–H groups in total. The number of nitrogens with two attached hydrogens (primary N) is 1. The van der Waals surface area contributed by atoms with Crippen LogP contribution in [-0.2, 0) is 6.42 Å². The van der Waals surface area contributed by atoms with E-state index in [1.165, 1.54) is 5.56 Å². The Kier molecular flexibility index (Phi) is 10.3. The van der Waals surface area contributed by atoms with Gasteiger partial charge in [0.2, 0.25) is 0 Å². The monoisotopic (exact) mass is 399 g/mol. The Morgan fingerprint density at radius 3 is 2.63 bits per heavy atom. The number of carbonyl (C=O) groups is 1. The highest BCUT2D eigenvalue weighted by Crippen LogP contribution is 2.29. The minimum absolute atomic E-state index is 0. The third-order valence-corrected chi connectivity index (χ3v) is 4.70. The molecule has 0 unspecified atom stereocenters. The molecule has 7 heteroatoms. The van der Waals surface area contributed by atoms with Gasteiger partial charge in [-0.25, -0.2) is 4.79 Å². The van der Waals surface area contributed by atoms with E-state index >= 15 is 0 Å². The molecule has 2 atom stereocenters. The number of rotatable bonds is 8. The molecular formula is C20H34ClN3O3. The summed E-state index contributed by atoms with van der Waals surface area (Å²) in [5.41, 5.74) is 7.14. The van der Waals surface area contributed by atoms with Crippen LogP contribution in [0.1, 0.15) is 45.6 Å². The lowest BCUT2D eigenvalue weighted by atomic mass is 10.00. The Balaban J connectivity index is 0.00000364. The zero-order chi connectivity index (χ0) is 18.9. The molecule has 1 aromatic rings. The summed E-state index contributed by atoms with van der Waals surface area (Å²) in [5.74, 6) is 1.57. The third-order valence-electron chi connectivity index (χ3n) is 4.70. The number of hydrogen-bond acceptors (Lipinski definition) is 4. The Hall–Kier alpha value is -1.66. The van der Waals surface area contributed by atoms with E-state index in [1.807, 2.05) is 30.9 Å². The number of hydrogen-bond donors (Lipinski definition) is 2. The average molecular weight is 400 g/mol. The van der Waals surface area contributed by atoms with E-state index in [1.54, 1.807) is 0 Å². The molecule has 0 radical (unpaired) electrons. The summed E-state index contributed by atoms with van der Waals surface area (Å²) >= 11 is 0. The maximum absolute atomic E-state index is 12.3. The molecule has 2 amide bonds. The summed E-state index contributed by atoms with van der Waals surface area (Å²) in [6.45, 7) is 8.61. The number of piperidine rings is 1. The zero-order valence-electron chi connectivity index (χ0n) is 16.7. The smallest absolute Gasteiger partial charge is 0.317 e. The fraction of sp³-hybridized carbons (Fsp3) is 0.650. The average Bonchev–Trinajstić information content (AvgIpc) is 2.61. The summed E-state index contributed by atoms with van der Waals surface area (Å²) < 4.78 is 11.3. The topological polar surface area (TPSA) is 76.8 Å². The van der Waals surface area contributed by atoms with E-state index in [4.69, 9.17) is 15.2 Å². The van der Waals surface area contributed by atoms with E-state index in [0.717, 1.165) is 43.7 Å². The Labute approximate surface area is 169 Å². The number of nitrogens with one attached hydrogen (secondary N) is 1. The van der Waals surface area contributed by atoms with E-state index < -0.39 is 0 Å². The molecular weight excluding hydrogens is 366 g/mol. The van der Waals surface area contributed by atoms with Gasteiger partial charge >= 0.3 is 6.03 Å². The molecule has 27 heavy (non-hydrogen) atoms. The Morgan fingerprint density at radius 1 is 1.26 bits per heavy atom. The van der Waals surface area contributed by atoms with Crippen LogP contribution >= 0.6 is 12.4 Å². The third kappa shape index (κ3) is 7.11. The predicted octanol–water partition coefficient (Wildman–Crippen LogP) is 3.36. The molecule has 0 aromatic heterocycles. The standard InChI is InChI=1S/C20H33N3O3.ClH/c1-4-25-18-9-8-16(14-19(18)26-5-2)7-6-11-22-20(24)23-12-10-17(21)13-15(23)3;/h8-9,14-15,17H,4-7,10-13,21H2,1-3H3,(H,22,24);1H/t15-,17-;/m1./s1. The minimum atomic E-state index is 0. The summed E-state index contributed by atoms with van der Waals surface area (Å²) in [6, 6.07) is 6.49. The van der Waals surface area contributed by atoms with Crippen LogP contribution in [0.5, 0.6) is 11.5 Å². The van der Waals surface area contributed by atoms with Crippen LogP contribution in [0.2, 0.25) is 0 Å². The van der Waals surface area contributed by atoms with Gasteiger partial charge in [0, 0.05) is 25.2 Å². The second kappa shape index (κ2) is 11.9. The van der Waals surface area contributed by atoms with E-state index in [-0.39, 0.29) is 30.5 Å². The number of carbonyl (C=O) groups excluding carboxylic acids is 1. The number of ether oxygens (including phenoxy) is 2. The molecule has 0 aliphatic carbocycles. The fourth-order valence-corrected chi connectivity index (χ4v) is 3.35.